The Hall–Kier alpha value is -1.65. The molecular weight excluding hydrogens is 192 g/mol. The molecule has 0 saturated heterocycles. The van der Waals surface area contributed by atoms with Gasteiger partial charge in [0.15, 0.2) is 11.6 Å². The van der Waals surface area contributed by atoms with E-state index in [1.165, 1.54) is 0 Å². The number of rotatable bonds is 2. The van der Waals surface area contributed by atoms with Crippen LogP contribution in [0.2, 0.25) is 0 Å². The number of amides is 1. The van der Waals surface area contributed by atoms with Gasteiger partial charge in [-0.1, -0.05) is 0 Å². The van der Waals surface area contributed by atoms with Gasteiger partial charge in [-0.15, -0.1) is 0 Å². The highest BCUT2D eigenvalue weighted by Crippen LogP contribution is 2.21. The van der Waals surface area contributed by atoms with Crippen LogP contribution in [0.15, 0.2) is 12.1 Å². The van der Waals surface area contributed by atoms with E-state index < -0.39 is 28.9 Å². The maximum atomic E-state index is 13.1. The molecule has 0 spiro atoms. The smallest absolute Gasteiger partial charge is 0.257 e. The van der Waals surface area contributed by atoms with Crippen LogP contribution in [-0.2, 0) is 0 Å². The number of hydrogen-bond donors (Lipinski definition) is 2. The van der Waals surface area contributed by atoms with E-state index in [4.69, 9.17) is 5.11 Å². The van der Waals surface area contributed by atoms with E-state index in [1.807, 2.05) is 0 Å². The second-order valence-corrected chi connectivity index (χ2v) is 2.61. The van der Waals surface area contributed by atoms with Crippen LogP contribution in [0.4, 0.5) is 8.78 Å². The summed E-state index contributed by atoms with van der Waals surface area (Å²) in [6.45, 7) is 1.88. The van der Waals surface area contributed by atoms with Crippen LogP contribution in [-0.4, -0.2) is 17.6 Å². The standard InChI is InChI=1S/C9H9F2NO2/c1-2-12-9(14)7-5(10)3-4-6(13)8(7)11/h3-4,13H,2H2,1H3,(H,12,14). The molecule has 0 fully saturated rings. The number of halogens is 2. The quantitative estimate of drug-likeness (QED) is 0.760. The normalized spacial score (nSPS) is 9.93. The summed E-state index contributed by atoms with van der Waals surface area (Å²) in [4.78, 5) is 11.1. The van der Waals surface area contributed by atoms with Crippen LogP contribution in [0.5, 0.6) is 5.75 Å². The molecule has 0 heterocycles. The van der Waals surface area contributed by atoms with Crippen molar-refractivity contribution in [3.05, 3.63) is 29.3 Å². The molecule has 76 valence electrons. The SMILES string of the molecule is CCNC(=O)c1c(F)ccc(O)c1F. The average Bonchev–Trinajstić information content (AvgIpc) is 2.13. The molecule has 1 amide bonds. The van der Waals surface area contributed by atoms with Gasteiger partial charge in [0.1, 0.15) is 11.4 Å². The number of nitrogens with one attached hydrogen (secondary N) is 1. The minimum absolute atomic E-state index is 0.257. The molecule has 0 aromatic heterocycles. The highest BCUT2D eigenvalue weighted by Gasteiger charge is 2.19. The summed E-state index contributed by atoms with van der Waals surface area (Å²) in [6, 6.07) is 1.69. The number of hydrogen-bond acceptors (Lipinski definition) is 2. The first kappa shape index (κ1) is 10.4. The zero-order valence-corrected chi connectivity index (χ0v) is 7.47. The summed E-state index contributed by atoms with van der Waals surface area (Å²) >= 11 is 0. The number of carbonyl (C=O) groups is 1. The summed E-state index contributed by atoms with van der Waals surface area (Å²) in [5.41, 5.74) is -0.758. The molecule has 0 aliphatic heterocycles. The lowest BCUT2D eigenvalue weighted by atomic mass is 10.1. The van der Waals surface area contributed by atoms with Crippen molar-refractivity contribution in [1.82, 2.24) is 5.32 Å². The molecule has 3 nitrogen and oxygen atoms in total. The number of carbonyl (C=O) groups excluding carboxylic acids is 1. The van der Waals surface area contributed by atoms with Crippen LogP contribution in [0.25, 0.3) is 0 Å². The number of aromatic hydroxyl groups is 1. The highest BCUT2D eigenvalue weighted by atomic mass is 19.1. The van der Waals surface area contributed by atoms with Crippen molar-refractivity contribution in [2.45, 2.75) is 6.92 Å². The molecule has 14 heavy (non-hydrogen) atoms. The third-order valence-corrected chi connectivity index (χ3v) is 1.64. The van der Waals surface area contributed by atoms with Gasteiger partial charge in [-0.3, -0.25) is 4.79 Å². The fraction of sp³-hybridized carbons (Fsp3) is 0.222. The van der Waals surface area contributed by atoms with Crippen LogP contribution >= 0.6 is 0 Å². The predicted molar refractivity (Wildman–Crippen MR) is 46.0 cm³/mol. The van der Waals surface area contributed by atoms with E-state index in [0.29, 0.717) is 0 Å². The van der Waals surface area contributed by atoms with Gasteiger partial charge in [0.25, 0.3) is 5.91 Å². The summed E-state index contributed by atoms with van der Waals surface area (Å²) in [5.74, 6) is -3.85. The zero-order valence-electron chi connectivity index (χ0n) is 7.47. The van der Waals surface area contributed by atoms with Gasteiger partial charge in [-0.25, -0.2) is 8.78 Å². The second-order valence-electron chi connectivity index (χ2n) is 2.61. The predicted octanol–water partition coefficient (Wildman–Crippen LogP) is 1.42. The monoisotopic (exact) mass is 201 g/mol. The molecule has 0 radical (unpaired) electrons. The average molecular weight is 201 g/mol. The second kappa shape index (κ2) is 4.04. The molecular formula is C9H9F2NO2. The zero-order chi connectivity index (χ0) is 10.7. The van der Waals surface area contributed by atoms with Gasteiger partial charge in [-0.2, -0.15) is 0 Å². The van der Waals surface area contributed by atoms with Crippen molar-refractivity contribution in [1.29, 1.82) is 0 Å². The van der Waals surface area contributed by atoms with E-state index in [2.05, 4.69) is 5.32 Å². The molecule has 0 aliphatic carbocycles. The van der Waals surface area contributed by atoms with Crippen molar-refractivity contribution in [2.24, 2.45) is 0 Å². The molecule has 0 saturated carbocycles. The van der Waals surface area contributed by atoms with Crippen molar-refractivity contribution >= 4 is 5.91 Å². The molecule has 0 aliphatic rings. The van der Waals surface area contributed by atoms with Gasteiger partial charge >= 0.3 is 0 Å². The summed E-state index contributed by atoms with van der Waals surface area (Å²) < 4.78 is 26.1. The van der Waals surface area contributed by atoms with Gasteiger partial charge in [0.2, 0.25) is 0 Å². The van der Waals surface area contributed by atoms with Crippen LogP contribution in [0, 0.1) is 11.6 Å². The Morgan fingerprint density at radius 3 is 2.71 bits per heavy atom. The fourth-order valence-corrected chi connectivity index (χ4v) is 0.999. The first-order chi connectivity index (χ1) is 6.57. The maximum absolute atomic E-state index is 13.1. The third kappa shape index (κ3) is 1.81. The molecule has 1 aromatic carbocycles. The van der Waals surface area contributed by atoms with E-state index in [1.54, 1.807) is 6.92 Å². The highest BCUT2D eigenvalue weighted by molar-refractivity contribution is 5.95. The third-order valence-electron chi connectivity index (χ3n) is 1.64. The lowest BCUT2D eigenvalue weighted by Gasteiger charge is -2.05. The lowest BCUT2D eigenvalue weighted by Crippen LogP contribution is -2.25. The van der Waals surface area contributed by atoms with Crippen LogP contribution in [0.3, 0.4) is 0 Å². The Labute approximate surface area is 79.4 Å². The van der Waals surface area contributed by atoms with Gasteiger partial charge < -0.3 is 10.4 Å². The topological polar surface area (TPSA) is 49.3 Å². The molecule has 1 aromatic rings. The first-order valence-corrected chi connectivity index (χ1v) is 4.03. The van der Waals surface area contributed by atoms with Crippen molar-refractivity contribution in [3.63, 3.8) is 0 Å². The molecule has 0 unspecified atom stereocenters. The van der Waals surface area contributed by atoms with Crippen molar-refractivity contribution in [3.8, 4) is 5.75 Å². The van der Waals surface area contributed by atoms with Crippen molar-refractivity contribution < 1.29 is 18.7 Å². The van der Waals surface area contributed by atoms with Gasteiger partial charge in [0, 0.05) is 6.54 Å². The molecule has 0 bridgehead atoms. The van der Waals surface area contributed by atoms with Crippen LogP contribution in [0.1, 0.15) is 17.3 Å². The number of phenolic OH excluding ortho intramolecular Hbond substituents is 1. The Morgan fingerprint density at radius 1 is 1.50 bits per heavy atom. The van der Waals surface area contributed by atoms with E-state index >= 15 is 0 Å². The number of benzene rings is 1. The van der Waals surface area contributed by atoms with Crippen LogP contribution < -0.4 is 5.32 Å². The minimum atomic E-state index is -1.24. The molecule has 2 N–H and O–H groups in total. The first-order valence-electron chi connectivity index (χ1n) is 4.03. The Kier molecular flexibility index (Phi) is 3.01. The van der Waals surface area contributed by atoms with E-state index in [9.17, 15) is 13.6 Å². The van der Waals surface area contributed by atoms with Gasteiger partial charge in [0.05, 0.1) is 0 Å². The molecule has 5 heteroatoms. The minimum Gasteiger partial charge on any atom is -0.505 e. The van der Waals surface area contributed by atoms with Crippen molar-refractivity contribution in [2.75, 3.05) is 6.54 Å². The summed E-state index contributed by atoms with van der Waals surface area (Å²) in [6.07, 6.45) is 0. The Bertz CT molecular complexity index is 366. The summed E-state index contributed by atoms with van der Waals surface area (Å²) in [7, 11) is 0. The maximum Gasteiger partial charge on any atom is 0.257 e. The fourth-order valence-electron chi connectivity index (χ4n) is 0.999. The van der Waals surface area contributed by atoms with E-state index in [0.717, 1.165) is 12.1 Å². The number of phenols is 1. The summed E-state index contributed by atoms with van der Waals surface area (Å²) in [5, 5.41) is 11.2. The largest absolute Gasteiger partial charge is 0.505 e. The Morgan fingerprint density at radius 2 is 2.14 bits per heavy atom. The Balaban J connectivity index is 3.18. The lowest BCUT2D eigenvalue weighted by molar-refractivity contribution is 0.0946. The van der Waals surface area contributed by atoms with E-state index in [-0.39, 0.29) is 6.54 Å². The van der Waals surface area contributed by atoms with Gasteiger partial charge in [-0.05, 0) is 19.1 Å². The molecule has 1 rings (SSSR count). The molecule has 0 atom stereocenters.